The monoisotopic (exact) mass is 238 g/mol. The zero-order chi connectivity index (χ0) is 11.2. The van der Waals surface area contributed by atoms with Gasteiger partial charge in [-0.05, 0) is 11.4 Å². The van der Waals surface area contributed by atoms with Gasteiger partial charge in [0.2, 0.25) is 0 Å². The van der Waals surface area contributed by atoms with Gasteiger partial charge in [0.05, 0.1) is 12.0 Å². The molecule has 0 spiro atoms. The van der Waals surface area contributed by atoms with Crippen LogP contribution in [0.2, 0.25) is 0 Å². The minimum absolute atomic E-state index is 0.828. The maximum absolute atomic E-state index is 5.23. The SMILES string of the molecule is COc1ccsc1CNCCc1ncn[nH]1. The molecular weight excluding hydrogens is 224 g/mol. The Morgan fingerprint density at radius 3 is 3.25 bits per heavy atom. The Morgan fingerprint density at radius 2 is 2.50 bits per heavy atom. The van der Waals surface area contributed by atoms with E-state index in [0.717, 1.165) is 31.1 Å². The Hall–Kier alpha value is -1.40. The average molecular weight is 238 g/mol. The summed E-state index contributed by atoms with van der Waals surface area (Å²) < 4.78 is 5.23. The molecule has 0 unspecified atom stereocenters. The number of thiophene rings is 1. The second kappa shape index (κ2) is 5.62. The van der Waals surface area contributed by atoms with Gasteiger partial charge in [-0.1, -0.05) is 0 Å². The van der Waals surface area contributed by atoms with Crippen molar-refractivity contribution in [3.8, 4) is 5.75 Å². The second-order valence-electron chi connectivity index (χ2n) is 3.27. The van der Waals surface area contributed by atoms with Gasteiger partial charge in [-0.25, -0.2) is 4.98 Å². The van der Waals surface area contributed by atoms with Crippen LogP contribution in [-0.4, -0.2) is 28.8 Å². The third-order valence-electron chi connectivity index (χ3n) is 2.21. The first kappa shape index (κ1) is 11.1. The van der Waals surface area contributed by atoms with Crippen LogP contribution in [0.1, 0.15) is 10.7 Å². The van der Waals surface area contributed by atoms with E-state index in [1.807, 2.05) is 11.4 Å². The molecule has 2 aromatic rings. The molecule has 0 bridgehead atoms. The number of nitrogens with zero attached hydrogens (tertiary/aromatic N) is 2. The maximum atomic E-state index is 5.23. The highest BCUT2D eigenvalue weighted by Crippen LogP contribution is 2.23. The van der Waals surface area contributed by atoms with E-state index in [1.165, 1.54) is 11.2 Å². The van der Waals surface area contributed by atoms with Crippen molar-refractivity contribution in [3.63, 3.8) is 0 Å². The summed E-state index contributed by atoms with van der Waals surface area (Å²) in [6.07, 6.45) is 2.38. The summed E-state index contributed by atoms with van der Waals surface area (Å²) in [6.45, 7) is 1.70. The van der Waals surface area contributed by atoms with E-state index in [1.54, 1.807) is 18.4 Å². The van der Waals surface area contributed by atoms with Gasteiger partial charge in [-0.15, -0.1) is 11.3 Å². The number of methoxy groups -OCH3 is 1. The number of ether oxygens (including phenoxy) is 1. The second-order valence-corrected chi connectivity index (χ2v) is 4.27. The van der Waals surface area contributed by atoms with Crippen LogP contribution < -0.4 is 10.1 Å². The first-order chi connectivity index (χ1) is 7.90. The fourth-order valence-electron chi connectivity index (χ4n) is 1.40. The molecule has 2 N–H and O–H groups in total. The Bertz CT molecular complexity index is 412. The smallest absolute Gasteiger partial charge is 0.137 e. The lowest BCUT2D eigenvalue weighted by Gasteiger charge is -2.03. The van der Waals surface area contributed by atoms with Crippen molar-refractivity contribution in [2.45, 2.75) is 13.0 Å². The standard InChI is InChI=1S/C10H14N4OS/c1-15-8-3-5-16-9(8)6-11-4-2-10-12-7-13-14-10/h3,5,7,11H,2,4,6H2,1H3,(H,12,13,14). The molecule has 0 fully saturated rings. The molecule has 6 heteroatoms. The van der Waals surface area contributed by atoms with Gasteiger partial charge in [-0.2, -0.15) is 5.10 Å². The van der Waals surface area contributed by atoms with Crippen LogP contribution >= 0.6 is 11.3 Å². The van der Waals surface area contributed by atoms with Crippen molar-refractivity contribution in [1.82, 2.24) is 20.5 Å². The van der Waals surface area contributed by atoms with Gasteiger partial charge < -0.3 is 10.1 Å². The van der Waals surface area contributed by atoms with Gasteiger partial charge in [0.25, 0.3) is 0 Å². The first-order valence-corrected chi connectivity index (χ1v) is 5.93. The number of hydrogen-bond acceptors (Lipinski definition) is 5. The molecule has 0 aliphatic rings. The number of nitrogens with one attached hydrogen (secondary N) is 2. The summed E-state index contributed by atoms with van der Waals surface area (Å²) in [6, 6.07) is 1.98. The number of rotatable bonds is 6. The molecule has 0 aromatic carbocycles. The van der Waals surface area contributed by atoms with E-state index in [9.17, 15) is 0 Å². The molecule has 0 aliphatic carbocycles. The van der Waals surface area contributed by atoms with E-state index in [0.29, 0.717) is 0 Å². The summed E-state index contributed by atoms with van der Waals surface area (Å²) >= 11 is 1.70. The summed E-state index contributed by atoms with van der Waals surface area (Å²) in [5, 5.41) is 12.0. The Labute approximate surface area is 97.9 Å². The van der Waals surface area contributed by atoms with E-state index in [-0.39, 0.29) is 0 Å². The lowest BCUT2D eigenvalue weighted by molar-refractivity contribution is 0.410. The van der Waals surface area contributed by atoms with Crippen LogP contribution in [0.25, 0.3) is 0 Å². The molecule has 16 heavy (non-hydrogen) atoms. The molecule has 5 nitrogen and oxygen atoms in total. The van der Waals surface area contributed by atoms with Crippen LogP contribution in [0.3, 0.4) is 0 Å². The van der Waals surface area contributed by atoms with Crippen LogP contribution in [0, 0.1) is 0 Å². The maximum Gasteiger partial charge on any atom is 0.137 e. The third kappa shape index (κ3) is 2.80. The summed E-state index contributed by atoms with van der Waals surface area (Å²) in [5.41, 5.74) is 0. The molecule has 2 aromatic heterocycles. The molecule has 2 heterocycles. The molecule has 0 aliphatic heterocycles. The van der Waals surface area contributed by atoms with Gasteiger partial charge in [0.1, 0.15) is 17.9 Å². The minimum Gasteiger partial charge on any atom is -0.496 e. The van der Waals surface area contributed by atoms with Gasteiger partial charge >= 0.3 is 0 Å². The van der Waals surface area contributed by atoms with Crippen molar-refractivity contribution < 1.29 is 4.74 Å². The average Bonchev–Trinajstić information content (AvgIpc) is 2.95. The normalized spacial score (nSPS) is 10.6. The van der Waals surface area contributed by atoms with Crippen LogP contribution in [0.4, 0.5) is 0 Å². The molecule has 0 saturated carbocycles. The van der Waals surface area contributed by atoms with E-state index in [2.05, 4.69) is 20.5 Å². The zero-order valence-corrected chi connectivity index (χ0v) is 9.88. The summed E-state index contributed by atoms with van der Waals surface area (Å²) in [5.74, 6) is 1.86. The molecule has 0 amide bonds. The lowest BCUT2D eigenvalue weighted by atomic mass is 10.4. The highest BCUT2D eigenvalue weighted by Gasteiger charge is 2.03. The van der Waals surface area contributed by atoms with Gasteiger partial charge in [0.15, 0.2) is 0 Å². The van der Waals surface area contributed by atoms with Crippen molar-refractivity contribution in [2.24, 2.45) is 0 Å². The molecule has 0 atom stereocenters. The topological polar surface area (TPSA) is 62.8 Å². The predicted molar refractivity (Wildman–Crippen MR) is 62.7 cm³/mol. The third-order valence-corrected chi connectivity index (χ3v) is 3.12. The Morgan fingerprint density at radius 1 is 1.56 bits per heavy atom. The number of aromatic nitrogens is 3. The molecule has 0 saturated heterocycles. The quantitative estimate of drug-likeness (QED) is 0.742. The van der Waals surface area contributed by atoms with Crippen molar-refractivity contribution in [1.29, 1.82) is 0 Å². The van der Waals surface area contributed by atoms with Crippen LogP contribution in [-0.2, 0) is 13.0 Å². The van der Waals surface area contributed by atoms with Crippen molar-refractivity contribution >= 4 is 11.3 Å². The number of hydrogen-bond donors (Lipinski definition) is 2. The van der Waals surface area contributed by atoms with Crippen LogP contribution in [0.15, 0.2) is 17.8 Å². The minimum atomic E-state index is 0.828. The summed E-state index contributed by atoms with van der Waals surface area (Å²) in [7, 11) is 1.69. The van der Waals surface area contributed by atoms with E-state index < -0.39 is 0 Å². The van der Waals surface area contributed by atoms with E-state index >= 15 is 0 Å². The lowest BCUT2D eigenvalue weighted by Crippen LogP contribution is -2.16. The fourth-order valence-corrected chi connectivity index (χ4v) is 2.21. The molecule has 2 rings (SSSR count). The number of aromatic amines is 1. The first-order valence-electron chi connectivity index (χ1n) is 5.05. The molecule has 86 valence electrons. The zero-order valence-electron chi connectivity index (χ0n) is 9.06. The van der Waals surface area contributed by atoms with Crippen molar-refractivity contribution in [2.75, 3.05) is 13.7 Å². The molecular formula is C10H14N4OS. The Balaban J connectivity index is 1.72. The highest BCUT2D eigenvalue weighted by atomic mass is 32.1. The predicted octanol–water partition coefficient (Wildman–Crippen LogP) is 1.21. The van der Waals surface area contributed by atoms with Gasteiger partial charge in [-0.3, -0.25) is 5.10 Å². The summed E-state index contributed by atoms with van der Waals surface area (Å²) in [4.78, 5) is 5.28. The number of H-pyrrole nitrogens is 1. The highest BCUT2D eigenvalue weighted by molar-refractivity contribution is 7.10. The largest absolute Gasteiger partial charge is 0.496 e. The fraction of sp³-hybridized carbons (Fsp3) is 0.400. The van der Waals surface area contributed by atoms with Crippen LogP contribution in [0.5, 0.6) is 5.75 Å². The van der Waals surface area contributed by atoms with Crippen molar-refractivity contribution in [3.05, 3.63) is 28.5 Å². The van der Waals surface area contributed by atoms with E-state index in [4.69, 9.17) is 4.74 Å². The van der Waals surface area contributed by atoms with Gasteiger partial charge in [0, 0.05) is 19.5 Å². The Kier molecular flexibility index (Phi) is 3.90. The molecule has 0 radical (unpaired) electrons.